The summed E-state index contributed by atoms with van der Waals surface area (Å²) in [5.74, 6) is 0.670. The van der Waals surface area contributed by atoms with Gasteiger partial charge in [0, 0.05) is 51.5 Å². The maximum Gasteiger partial charge on any atom is 0.253 e. The van der Waals surface area contributed by atoms with Gasteiger partial charge in [0.25, 0.3) is 11.1 Å². The zero-order chi connectivity index (χ0) is 17.5. The van der Waals surface area contributed by atoms with Crippen molar-refractivity contribution in [2.24, 2.45) is 14.1 Å². The van der Waals surface area contributed by atoms with Gasteiger partial charge in [0.2, 0.25) is 0 Å². The summed E-state index contributed by atoms with van der Waals surface area (Å²) in [4.78, 5) is 22.0. The van der Waals surface area contributed by atoms with Crippen LogP contribution in [-0.2, 0) is 18.8 Å². The molecule has 0 amide bonds. The van der Waals surface area contributed by atoms with Crippen molar-refractivity contribution in [1.29, 1.82) is 0 Å². The fourth-order valence-corrected chi connectivity index (χ4v) is 2.13. The average molecular weight is 334 g/mol. The Hall–Kier alpha value is -2.54. The Bertz CT molecular complexity index is 775. The highest BCUT2D eigenvalue weighted by Gasteiger charge is 2.15. The van der Waals surface area contributed by atoms with Crippen molar-refractivity contribution in [1.82, 2.24) is 9.13 Å². The molecule has 0 bridgehead atoms. The summed E-state index contributed by atoms with van der Waals surface area (Å²) < 4.78 is 13.8. The number of aromatic hydroxyl groups is 1. The van der Waals surface area contributed by atoms with Crippen molar-refractivity contribution in [3.8, 4) is 11.5 Å². The lowest BCUT2D eigenvalue weighted by Crippen LogP contribution is -2.26. The van der Waals surface area contributed by atoms with Crippen molar-refractivity contribution in [2.75, 3.05) is 13.2 Å². The third-order valence-electron chi connectivity index (χ3n) is 3.63. The number of ether oxygens (including phenoxy) is 2. The van der Waals surface area contributed by atoms with Crippen LogP contribution in [0.15, 0.2) is 46.2 Å². The molecule has 130 valence electrons. The second kappa shape index (κ2) is 8.35. The van der Waals surface area contributed by atoms with Gasteiger partial charge < -0.3 is 23.7 Å². The van der Waals surface area contributed by atoms with Crippen LogP contribution in [0.5, 0.6) is 11.5 Å². The molecule has 0 unspecified atom stereocenters. The Morgan fingerprint density at radius 1 is 1.04 bits per heavy atom. The van der Waals surface area contributed by atoms with Crippen molar-refractivity contribution in [2.45, 2.75) is 18.9 Å². The number of aromatic nitrogens is 2. The van der Waals surface area contributed by atoms with Crippen molar-refractivity contribution in [3.63, 3.8) is 0 Å². The maximum absolute atomic E-state index is 11.3. The first-order valence-corrected chi connectivity index (χ1v) is 7.72. The zero-order valence-electron chi connectivity index (χ0n) is 13.8. The lowest BCUT2D eigenvalue weighted by molar-refractivity contribution is 0.0255. The summed E-state index contributed by atoms with van der Waals surface area (Å²) in [6.45, 7) is 1.49. The standard InChI is InChI=1S/C11H15NO3.C6H7NO2/c1-12-5-2-10(8-11(12)13)15-9-3-6-14-7-4-9;1-7-3-2-5(8)4-6(7)9/h2,5,8-9H,3-4,6-7H2,1H3;2-4,8H,1H3. The lowest BCUT2D eigenvalue weighted by Gasteiger charge is -2.23. The van der Waals surface area contributed by atoms with E-state index in [1.165, 1.54) is 33.5 Å². The number of aryl methyl sites for hydroxylation is 2. The summed E-state index contributed by atoms with van der Waals surface area (Å²) in [5, 5.41) is 8.72. The van der Waals surface area contributed by atoms with Gasteiger partial charge >= 0.3 is 0 Å². The molecule has 0 aliphatic carbocycles. The predicted molar refractivity (Wildman–Crippen MR) is 89.5 cm³/mol. The van der Waals surface area contributed by atoms with Crippen LogP contribution in [0.25, 0.3) is 0 Å². The molecule has 1 aliphatic rings. The summed E-state index contributed by atoms with van der Waals surface area (Å²) in [6, 6.07) is 5.97. The molecular weight excluding hydrogens is 312 g/mol. The van der Waals surface area contributed by atoms with E-state index in [0.29, 0.717) is 5.75 Å². The van der Waals surface area contributed by atoms with E-state index in [2.05, 4.69) is 0 Å². The van der Waals surface area contributed by atoms with Gasteiger partial charge in [-0.25, -0.2) is 0 Å². The highest BCUT2D eigenvalue weighted by molar-refractivity contribution is 5.18. The van der Waals surface area contributed by atoms with E-state index in [-0.39, 0.29) is 23.0 Å². The molecule has 0 saturated carbocycles. The Labute approximate surface area is 139 Å². The molecule has 1 aliphatic heterocycles. The molecule has 0 radical (unpaired) electrons. The zero-order valence-corrected chi connectivity index (χ0v) is 13.8. The van der Waals surface area contributed by atoms with Gasteiger partial charge in [0.15, 0.2) is 0 Å². The van der Waals surface area contributed by atoms with Crippen LogP contribution in [0.4, 0.5) is 0 Å². The summed E-state index contributed by atoms with van der Waals surface area (Å²) in [7, 11) is 3.35. The summed E-state index contributed by atoms with van der Waals surface area (Å²) in [6.07, 6.45) is 5.21. The first-order chi connectivity index (χ1) is 11.5. The van der Waals surface area contributed by atoms with E-state index in [1.54, 1.807) is 20.3 Å². The van der Waals surface area contributed by atoms with Crippen molar-refractivity contribution >= 4 is 0 Å². The van der Waals surface area contributed by atoms with Gasteiger partial charge in [-0.3, -0.25) is 9.59 Å². The number of nitrogens with zero attached hydrogens (tertiary/aromatic N) is 2. The van der Waals surface area contributed by atoms with Crippen LogP contribution < -0.4 is 15.9 Å². The smallest absolute Gasteiger partial charge is 0.253 e. The van der Waals surface area contributed by atoms with E-state index in [0.717, 1.165) is 26.1 Å². The Balaban J connectivity index is 0.000000198. The van der Waals surface area contributed by atoms with E-state index >= 15 is 0 Å². The first kappa shape index (κ1) is 17.8. The van der Waals surface area contributed by atoms with Gasteiger partial charge in [-0.1, -0.05) is 0 Å². The Morgan fingerprint density at radius 2 is 1.62 bits per heavy atom. The third-order valence-corrected chi connectivity index (χ3v) is 3.63. The highest BCUT2D eigenvalue weighted by atomic mass is 16.5. The minimum Gasteiger partial charge on any atom is -0.508 e. The second-order valence-corrected chi connectivity index (χ2v) is 5.58. The van der Waals surface area contributed by atoms with Gasteiger partial charge in [0.1, 0.15) is 17.6 Å². The average Bonchev–Trinajstić information content (AvgIpc) is 2.56. The van der Waals surface area contributed by atoms with Gasteiger partial charge in [-0.2, -0.15) is 0 Å². The first-order valence-electron chi connectivity index (χ1n) is 7.72. The van der Waals surface area contributed by atoms with Crippen LogP contribution in [0.3, 0.4) is 0 Å². The number of rotatable bonds is 2. The summed E-state index contributed by atoms with van der Waals surface area (Å²) in [5.41, 5.74) is -0.241. The van der Waals surface area contributed by atoms with Crippen molar-refractivity contribution in [3.05, 3.63) is 57.4 Å². The Morgan fingerprint density at radius 3 is 2.17 bits per heavy atom. The second-order valence-electron chi connectivity index (χ2n) is 5.58. The van der Waals surface area contributed by atoms with Crippen LogP contribution in [0.2, 0.25) is 0 Å². The van der Waals surface area contributed by atoms with Crippen LogP contribution in [0.1, 0.15) is 12.8 Å². The molecule has 2 aromatic rings. The fraction of sp³-hybridized carbons (Fsp3) is 0.412. The third kappa shape index (κ3) is 5.27. The Kier molecular flexibility index (Phi) is 6.20. The van der Waals surface area contributed by atoms with Crippen LogP contribution in [-0.4, -0.2) is 33.6 Å². The molecule has 0 aromatic carbocycles. The van der Waals surface area contributed by atoms with E-state index < -0.39 is 0 Å². The molecule has 0 spiro atoms. The normalized spacial score (nSPS) is 14.6. The number of hydrogen-bond donors (Lipinski definition) is 1. The molecular formula is C17H22N2O5. The largest absolute Gasteiger partial charge is 0.508 e. The van der Waals surface area contributed by atoms with E-state index in [4.69, 9.17) is 14.6 Å². The molecule has 3 heterocycles. The van der Waals surface area contributed by atoms with Gasteiger partial charge in [0.05, 0.1) is 13.2 Å². The monoisotopic (exact) mass is 334 g/mol. The van der Waals surface area contributed by atoms with Gasteiger partial charge in [-0.05, 0) is 12.1 Å². The molecule has 0 atom stereocenters. The molecule has 2 aromatic heterocycles. The minimum atomic E-state index is -0.199. The molecule has 1 fully saturated rings. The molecule has 1 N–H and O–H groups in total. The minimum absolute atomic E-state index is 0.0121. The lowest BCUT2D eigenvalue weighted by atomic mass is 10.1. The predicted octanol–water partition coefficient (Wildman–Crippen LogP) is 1.03. The van der Waals surface area contributed by atoms with Gasteiger partial charge in [-0.15, -0.1) is 0 Å². The number of pyridine rings is 2. The topological polar surface area (TPSA) is 82.7 Å². The van der Waals surface area contributed by atoms with E-state index in [9.17, 15) is 9.59 Å². The maximum atomic E-state index is 11.3. The SMILES string of the molecule is Cn1ccc(O)cc1=O.Cn1ccc(OC2CCOCC2)cc1=O. The van der Waals surface area contributed by atoms with Crippen LogP contribution in [0, 0.1) is 0 Å². The van der Waals surface area contributed by atoms with E-state index in [1.807, 2.05) is 6.07 Å². The molecule has 7 nitrogen and oxygen atoms in total. The summed E-state index contributed by atoms with van der Waals surface area (Å²) >= 11 is 0. The fourth-order valence-electron chi connectivity index (χ4n) is 2.13. The molecule has 7 heteroatoms. The highest BCUT2D eigenvalue weighted by Crippen LogP contribution is 2.15. The van der Waals surface area contributed by atoms with Crippen LogP contribution >= 0.6 is 0 Å². The molecule has 24 heavy (non-hydrogen) atoms. The quantitative estimate of drug-likeness (QED) is 0.887. The molecule has 3 rings (SSSR count). The van der Waals surface area contributed by atoms with Crippen molar-refractivity contribution < 1.29 is 14.6 Å². The molecule has 1 saturated heterocycles. The number of hydrogen-bond acceptors (Lipinski definition) is 5.